The van der Waals surface area contributed by atoms with Crippen molar-refractivity contribution in [2.75, 3.05) is 12.0 Å². The van der Waals surface area contributed by atoms with Crippen LogP contribution >= 0.6 is 15.9 Å². The maximum absolute atomic E-state index is 5.56. The van der Waals surface area contributed by atoms with Gasteiger partial charge in [-0.25, -0.2) is 15.8 Å². The molecule has 0 saturated carbocycles. The fourth-order valence-corrected chi connectivity index (χ4v) is 2.72. The van der Waals surface area contributed by atoms with E-state index in [2.05, 4.69) is 37.4 Å². The molecular formula is C14H15BrN4O. The molecule has 1 aliphatic rings. The molecule has 0 saturated heterocycles. The van der Waals surface area contributed by atoms with E-state index in [9.17, 15) is 0 Å². The van der Waals surface area contributed by atoms with Crippen LogP contribution in [0.15, 0.2) is 28.7 Å². The van der Waals surface area contributed by atoms with Crippen LogP contribution in [0.2, 0.25) is 0 Å². The van der Waals surface area contributed by atoms with Gasteiger partial charge >= 0.3 is 0 Å². The largest absolute Gasteiger partial charge is 0.376 e. The van der Waals surface area contributed by atoms with Crippen molar-refractivity contribution in [2.45, 2.75) is 19.4 Å². The molecule has 20 heavy (non-hydrogen) atoms. The topological polar surface area (TPSA) is 73.1 Å². The van der Waals surface area contributed by atoms with Gasteiger partial charge in [-0.15, -0.1) is 0 Å². The maximum atomic E-state index is 5.56. The van der Waals surface area contributed by atoms with Gasteiger partial charge in [0.25, 0.3) is 0 Å². The molecule has 0 radical (unpaired) electrons. The monoisotopic (exact) mass is 334 g/mol. The number of nitrogen functional groups attached to an aromatic ring is 1. The van der Waals surface area contributed by atoms with E-state index in [0.29, 0.717) is 25.5 Å². The minimum absolute atomic E-state index is 0.518. The molecule has 6 heteroatoms. The van der Waals surface area contributed by atoms with Crippen LogP contribution in [0.1, 0.15) is 22.6 Å². The summed E-state index contributed by atoms with van der Waals surface area (Å²) in [5, 5.41) is 0. The maximum Gasteiger partial charge on any atom is 0.149 e. The van der Waals surface area contributed by atoms with Crippen molar-refractivity contribution in [1.29, 1.82) is 0 Å². The highest BCUT2D eigenvalue weighted by molar-refractivity contribution is 9.10. The van der Waals surface area contributed by atoms with Gasteiger partial charge in [-0.2, -0.15) is 0 Å². The Bertz CT molecular complexity index is 615. The zero-order valence-corrected chi connectivity index (χ0v) is 12.5. The Kier molecular flexibility index (Phi) is 3.95. The number of ether oxygens (including phenoxy) is 1. The van der Waals surface area contributed by atoms with Gasteiger partial charge in [-0.05, 0) is 11.6 Å². The van der Waals surface area contributed by atoms with Crippen LogP contribution in [0.4, 0.5) is 5.82 Å². The number of hydrazine groups is 1. The van der Waals surface area contributed by atoms with Crippen molar-refractivity contribution in [3.63, 3.8) is 0 Å². The quantitative estimate of drug-likeness (QED) is 0.664. The van der Waals surface area contributed by atoms with Crippen molar-refractivity contribution in [3.8, 4) is 0 Å². The Labute approximate surface area is 125 Å². The molecule has 3 N–H and O–H groups in total. The van der Waals surface area contributed by atoms with Gasteiger partial charge < -0.3 is 10.2 Å². The van der Waals surface area contributed by atoms with Crippen LogP contribution in [0.3, 0.4) is 0 Å². The van der Waals surface area contributed by atoms with Crippen molar-refractivity contribution < 1.29 is 4.74 Å². The average Bonchev–Trinajstić information content (AvgIpc) is 2.49. The van der Waals surface area contributed by atoms with Gasteiger partial charge in [0, 0.05) is 22.9 Å². The average molecular weight is 335 g/mol. The highest BCUT2D eigenvalue weighted by Gasteiger charge is 2.18. The lowest BCUT2D eigenvalue weighted by Crippen LogP contribution is -2.20. The molecule has 0 atom stereocenters. The van der Waals surface area contributed by atoms with E-state index in [-0.39, 0.29) is 0 Å². The van der Waals surface area contributed by atoms with Gasteiger partial charge in [0.2, 0.25) is 0 Å². The summed E-state index contributed by atoms with van der Waals surface area (Å²) in [6, 6.07) is 8.08. The highest BCUT2D eigenvalue weighted by Crippen LogP contribution is 2.24. The van der Waals surface area contributed by atoms with Crippen molar-refractivity contribution >= 4 is 21.7 Å². The minimum Gasteiger partial charge on any atom is -0.376 e. The first-order valence-corrected chi connectivity index (χ1v) is 7.23. The number of nitrogens with one attached hydrogen (secondary N) is 1. The Morgan fingerprint density at radius 1 is 1.30 bits per heavy atom. The predicted octanol–water partition coefficient (Wildman–Crippen LogP) is 2.19. The Morgan fingerprint density at radius 2 is 2.15 bits per heavy atom. The number of hydrogen-bond donors (Lipinski definition) is 2. The molecule has 0 aliphatic carbocycles. The normalized spacial score (nSPS) is 13.9. The van der Waals surface area contributed by atoms with E-state index in [0.717, 1.165) is 33.5 Å². The number of nitrogens with zero attached hydrogens (tertiary/aromatic N) is 2. The summed E-state index contributed by atoms with van der Waals surface area (Å²) in [5.41, 5.74) is 5.80. The van der Waals surface area contributed by atoms with Crippen LogP contribution in [0, 0.1) is 0 Å². The molecule has 2 aromatic rings. The van der Waals surface area contributed by atoms with Crippen molar-refractivity contribution in [1.82, 2.24) is 9.97 Å². The van der Waals surface area contributed by atoms with Gasteiger partial charge in [-0.1, -0.05) is 34.1 Å². The van der Waals surface area contributed by atoms with E-state index < -0.39 is 0 Å². The van der Waals surface area contributed by atoms with Gasteiger partial charge in [0.05, 0.1) is 18.9 Å². The van der Waals surface area contributed by atoms with Gasteiger partial charge in [-0.3, -0.25) is 0 Å². The first-order valence-electron chi connectivity index (χ1n) is 6.44. The molecule has 0 unspecified atom stereocenters. The molecule has 2 heterocycles. The molecular weight excluding hydrogens is 320 g/mol. The van der Waals surface area contributed by atoms with E-state index >= 15 is 0 Å². The molecule has 1 aromatic heterocycles. The standard InChI is InChI=1S/C14H15BrN4O/c15-11-4-2-1-3-9(11)7-13-17-12-5-6-20-8-10(12)14(18-13)19-16/h1-4H,5-8,16H2,(H,17,18,19). The summed E-state index contributed by atoms with van der Waals surface area (Å²) >= 11 is 3.55. The first-order chi connectivity index (χ1) is 9.78. The number of rotatable bonds is 3. The van der Waals surface area contributed by atoms with Crippen molar-refractivity contribution in [2.24, 2.45) is 5.84 Å². The summed E-state index contributed by atoms with van der Waals surface area (Å²) in [4.78, 5) is 9.14. The van der Waals surface area contributed by atoms with E-state index in [1.807, 2.05) is 18.2 Å². The lowest BCUT2D eigenvalue weighted by atomic mass is 10.1. The molecule has 1 aliphatic heterocycles. The third-order valence-corrected chi connectivity index (χ3v) is 4.09. The molecule has 0 amide bonds. The molecule has 0 bridgehead atoms. The zero-order chi connectivity index (χ0) is 13.9. The number of aromatic nitrogens is 2. The smallest absolute Gasteiger partial charge is 0.149 e. The summed E-state index contributed by atoms with van der Waals surface area (Å²) in [7, 11) is 0. The molecule has 5 nitrogen and oxygen atoms in total. The Balaban J connectivity index is 1.96. The second-order valence-electron chi connectivity index (χ2n) is 4.63. The number of benzene rings is 1. The van der Waals surface area contributed by atoms with Gasteiger partial charge in [0.15, 0.2) is 0 Å². The second kappa shape index (κ2) is 5.87. The predicted molar refractivity (Wildman–Crippen MR) is 80.2 cm³/mol. The second-order valence-corrected chi connectivity index (χ2v) is 5.48. The van der Waals surface area contributed by atoms with Crippen LogP contribution < -0.4 is 11.3 Å². The molecule has 104 valence electrons. The number of anilines is 1. The summed E-state index contributed by atoms with van der Waals surface area (Å²) in [6.45, 7) is 1.21. The Morgan fingerprint density at radius 3 is 2.95 bits per heavy atom. The van der Waals surface area contributed by atoms with Crippen molar-refractivity contribution in [3.05, 3.63) is 51.4 Å². The van der Waals surface area contributed by atoms with Crippen LogP contribution in [0.25, 0.3) is 0 Å². The molecule has 3 rings (SSSR count). The number of fused-ring (bicyclic) bond motifs is 1. The van der Waals surface area contributed by atoms with Crippen LogP contribution in [0.5, 0.6) is 0 Å². The SMILES string of the molecule is NNc1nc(Cc2ccccc2Br)nc2c1COCC2. The summed E-state index contributed by atoms with van der Waals surface area (Å²) in [6.07, 6.45) is 1.47. The summed E-state index contributed by atoms with van der Waals surface area (Å²) < 4.78 is 6.49. The first kappa shape index (κ1) is 13.5. The lowest BCUT2D eigenvalue weighted by molar-refractivity contribution is 0.109. The Hall–Kier alpha value is -1.50. The van der Waals surface area contributed by atoms with Crippen LogP contribution in [-0.4, -0.2) is 16.6 Å². The molecule has 1 aromatic carbocycles. The third kappa shape index (κ3) is 2.67. The van der Waals surface area contributed by atoms with Crippen LogP contribution in [-0.2, 0) is 24.2 Å². The van der Waals surface area contributed by atoms with E-state index in [1.165, 1.54) is 0 Å². The van der Waals surface area contributed by atoms with E-state index in [4.69, 9.17) is 10.6 Å². The summed E-state index contributed by atoms with van der Waals surface area (Å²) in [5.74, 6) is 6.99. The highest BCUT2D eigenvalue weighted by atomic mass is 79.9. The lowest BCUT2D eigenvalue weighted by Gasteiger charge is -2.19. The van der Waals surface area contributed by atoms with E-state index in [1.54, 1.807) is 0 Å². The number of nitrogens with two attached hydrogens (primary N) is 1. The minimum atomic E-state index is 0.518. The fourth-order valence-electron chi connectivity index (χ4n) is 2.29. The fraction of sp³-hybridized carbons (Fsp3) is 0.286. The van der Waals surface area contributed by atoms with Gasteiger partial charge in [0.1, 0.15) is 11.6 Å². The third-order valence-electron chi connectivity index (χ3n) is 3.31. The molecule has 0 spiro atoms. The number of halogens is 1. The number of hydrogen-bond acceptors (Lipinski definition) is 5. The zero-order valence-electron chi connectivity index (χ0n) is 10.9. The molecule has 0 fully saturated rings.